The molecule has 2 heterocycles. The first kappa shape index (κ1) is 9.54. The maximum absolute atomic E-state index is 5.79. The Morgan fingerprint density at radius 1 is 0.722 bits per heavy atom. The first-order chi connectivity index (χ1) is 8.92. The van der Waals surface area contributed by atoms with Gasteiger partial charge >= 0.3 is 0 Å². The Kier molecular flexibility index (Phi) is 1.86. The fourth-order valence-corrected chi connectivity index (χ4v) is 2.32. The van der Waals surface area contributed by atoms with Gasteiger partial charge in [0.1, 0.15) is 16.9 Å². The highest BCUT2D eigenvalue weighted by Crippen LogP contribution is 2.32. The fraction of sp³-hybridized carbons (Fsp3) is 0. The molecule has 0 unspecified atom stereocenters. The summed E-state index contributed by atoms with van der Waals surface area (Å²) in [5.74, 6) is 0.877. The van der Waals surface area contributed by atoms with Gasteiger partial charge in [-0.15, -0.1) is 0 Å². The van der Waals surface area contributed by atoms with Crippen molar-refractivity contribution in [3.63, 3.8) is 0 Å². The van der Waals surface area contributed by atoms with Crippen LogP contribution in [-0.2, 0) is 0 Å². The molecule has 0 aliphatic rings. The van der Waals surface area contributed by atoms with E-state index in [4.69, 9.17) is 8.83 Å². The minimum absolute atomic E-state index is 0.877. The van der Waals surface area contributed by atoms with Crippen LogP contribution in [0.4, 0.5) is 0 Å². The largest absolute Gasteiger partial charge is 0.464 e. The van der Waals surface area contributed by atoms with Crippen LogP contribution in [0.15, 0.2) is 69.7 Å². The normalized spacial score (nSPS) is 11.3. The van der Waals surface area contributed by atoms with E-state index in [9.17, 15) is 0 Å². The lowest BCUT2D eigenvalue weighted by Crippen LogP contribution is -1.73. The highest BCUT2D eigenvalue weighted by atomic mass is 16.3. The van der Waals surface area contributed by atoms with Crippen molar-refractivity contribution in [2.45, 2.75) is 0 Å². The Labute approximate surface area is 103 Å². The second-order valence-electron chi connectivity index (χ2n) is 4.29. The van der Waals surface area contributed by atoms with Crippen LogP contribution < -0.4 is 0 Å². The highest BCUT2D eigenvalue weighted by Gasteiger charge is 2.08. The second kappa shape index (κ2) is 3.50. The van der Waals surface area contributed by atoms with Crippen LogP contribution in [0.1, 0.15) is 0 Å². The number of furan rings is 2. The van der Waals surface area contributed by atoms with Crippen molar-refractivity contribution >= 4 is 21.9 Å². The van der Waals surface area contributed by atoms with Crippen LogP contribution in [-0.4, -0.2) is 0 Å². The number of rotatable bonds is 1. The summed E-state index contributed by atoms with van der Waals surface area (Å²) in [6, 6.07) is 18.1. The first-order valence-electron chi connectivity index (χ1n) is 5.87. The van der Waals surface area contributed by atoms with Gasteiger partial charge < -0.3 is 8.83 Å². The second-order valence-corrected chi connectivity index (χ2v) is 4.29. The Hall–Kier alpha value is -2.48. The molecule has 2 nitrogen and oxygen atoms in total. The van der Waals surface area contributed by atoms with Crippen LogP contribution in [0.2, 0.25) is 0 Å². The van der Waals surface area contributed by atoms with E-state index in [-0.39, 0.29) is 0 Å². The smallest absolute Gasteiger partial charge is 0.135 e. The summed E-state index contributed by atoms with van der Waals surface area (Å²) in [6.45, 7) is 0. The maximum atomic E-state index is 5.79. The maximum Gasteiger partial charge on any atom is 0.135 e. The summed E-state index contributed by atoms with van der Waals surface area (Å²) in [4.78, 5) is 0. The van der Waals surface area contributed by atoms with Gasteiger partial charge in [0.2, 0.25) is 0 Å². The minimum Gasteiger partial charge on any atom is -0.464 e. The Balaban J connectivity index is 2.07. The molecule has 0 aliphatic heterocycles. The molecule has 86 valence electrons. The van der Waals surface area contributed by atoms with Crippen molar-refractivity contribution < 1.29 is 8.83 Å². The van der Waals surface area contributed by atoms with Crippen LogP contribution in [0.25, 0.3) is 33.3 Å². The van der Waals surface area contributed by atoms with Gasteiger partial charge in [0.25, 0.3) is 0 Å². The number of hydrogen-bond acceptors (Lipinski definition) is 2. The van der Waals surface area contributed by atoms with Crippen molar-refractivity contribution in [3.8, 4) is 11.3 Å². The Morgan fingerprint density at radius 2 is 1.61 bits per heavy atom. The molecule has 2 heteroatoms. The van der Waals surface area contributed by atoms with E-state index in [1.54, 1.807) is 6.26 Å². The van der Waals surface area contributed by atoms with Crippen molar-refractivity contribution in [3.05, 3.63) is 60.9 Å². The van der Waals surface area contributed by atoms with Crippen LogP contribution >= 0.6 is 0 Å². The van der Waals surface area contributed by atoms with Gasteiger partial charge in [-0.25, -0.2) is 0 Å². The summed E-state index contributed by atoms with van der Waals surface area (Å²) in [5, 5.41) is 2.26. The molecule has 18 heavy (non-hydrogen) atoms. The van der Waals surface area contributed by atoms with Gasteiger partial charge in [-0.1, -0.05) is 18.2 Å². The SMILES string of the molecule is c1coc(-c2ccc3oc4ccccc4c3c2)c1. The molecule has 0 N–H and O–H groups in total. The summed E-state index contributed by atoms with van der Waals surface area (Å²) in [6.07, 6.45) is 1.69. The minimum atomic E-state index is 0.877. The average molecular weight is 234 g/mol. The molecule has 0 saturated heterocycles. The number of para-hydroxylation sites is 1. The lowest BCUT2D eigenvalue weighted by atomic mass is 10.1. The standard InChI is InChI=1S/C16H10O2/c1-2-5-15-12(4-1)13-10-11(7-8-16(13)18-15)14-6-3-9-17-14/h1-10H. The van der Waals surface area contributed by atoms with Gasteiger partial charge in [0.05, 0.1) is 6.26 Å². The molecule has 4 aromatic rings. The van der Waals surface area contributed by atoms with E-state index in [0.717, 1.165) is 33.3 Å². The molecule has 2 aromatic heterocycles. The van der Waals surface area contributed by atoms with Gasteiger partial charge in [0.15, 0.2) is 0 Å². The number of benzene rings is 2. The molecule has 0 fully saturated rings. The van der Waals surface area contributed by atoms with E-state index in [2.05, 4.69) is 12.1 Å². The number of hydrogen-bond donors (Lipinski definition) is 0. The molecule has 4 rings (SSSR count). The lowest BCUT2D eigenvalue weighted by molar-refractivity contribution is 0.582. The van der Waals surface area contributed by atoms with Gasteiger partial charge in [0, 0.05) is 16.3 Å². The zero-order valence-electron chi connectivity index (χ0n) is 9.59. The fourth-order valence-electron chi connectivity index (χ4n) is 2.32. The molecule has 0 atom stereocenters. The van der Waals surface area contributed by atoms with Crippen LogP contribution in [0, 0.1) is 0 Å². The third-order valence-corrected chi connectivity index (χ3v) is 3.18. The van der Waals surface area contributed by atoms with E-state index in [1.165, 1.54) is 0 Å². The zero-order chi connectivity index (χ0) is 11.9. The third-order valence-electron chi connectivity index (χ3n) is 3.18. The summed E-state index contributed by atoms with van der Waals surface area (Å²) < 4.78 is 11.2. The molecule has 0 aliphatic carbocycles. The third kappa shape index (κ3) is 1.29. The van der Waals surface area contributed by atoms with Gasteiger partial charge in [-0.3, -0.25) is 0 Å². The zero-order valence-corrected chi connectivity index (χ0v) is 9.59. The van der Waals surface area contributed by atoms with Crippen LogP contribution in [0.3, 0.4) is 0 Å². The van der Waals surface area contributed by atoms with Crippen molar-refractivity contribution in [1.82, 2.24) is 0 Å². The summed E-state index contributed by atoms with van der Waals surface area (Å²) >= 11 is 0. The molecular formula is C16H10O2. The predicted molar refractivity (Wildman–Crippen MR) is 71.4 cm³/mol. The molecule has 0 saturated carbocycles. The molecular weight excluding hydrogens is 224 g/mol. The highest BCUT2D eigenvalue weighted by molar-refractivity contribution is 6.06. The molecule has 0 bridgehead atoms. The molecule has 0 spiro atoms. The van der Waals surface area contributed by atoms with Gasteiger partial charge in [-0.05, 0) is 36.4 Å². The monoisotopic (exact) mass is 234 g/mol. The number of fused-ring (bicyclic) bond motifs is 3. The first-order valence-corrected chi connectivity index (χ1v) is 5.87. The molecule has 2 aromatic carbocycles. The van der Waals surface area contributed by atoms with Crippen LogP contribution in [0.5, 0.6) is 0 Å². The topological polar surface area (TPSA) is 26.3 Å². The molecule has 0 amide bonds. The van der Waals surface area contributed by atoms with Crippen molar-refractivity contribution in [2.75, 3.05) is 0 Å². The Bertz CT molecular complexity index is 823. The summed E-state index contributed by atoms with van der Waals surface area (Å²) in [5.41, 5.74) is 2.90. The average Bonchev–Trinajstić information content (AvgIpc) is 3.05. The molecule has 0 radical (unpaired) electrons. The quantitative estimate of drug-likeness (QED) is 0.470. The van der Waals surface area contributed by atoms with Gasteiger partial charge in [-0.2, -0.15) is 0 Å². The van der Waals surface area contributed by atoms with Crippen molar-refractivity contribution in [1.29, 1.82) is 0 Å². The van der Waals surface area contributed by atoms with E-state index in [0.29, 0.717) is 0 Å². The predicted octanol–water partition coefficient (Wildman–Crippen LogP) is 4.85. The Morgan fingerprint density at radius 3 is 2.50 bits per heavy atom. The lowest BCUT2D eigenvalue weighted by Gasteiger charge is -1.96. The van der Waals surface area contributed by atoms with Crippen molar-refractivity contribution in [2.24, 2.45) is 0 Å². The van der Waals surface area contributed by atoms with E-state index in [1.807, 2.05) is 42.5 Å². The van der Waals surface area contributed by atoms with E-state index >= 15 is 0 Å². The summed E-state index contributed by atoms with van der Waals surface area (Å²) in [7, 11) is 0. The van der Waals surface area contributed by atoms with E-state index < -0.39 is 0 Å².